The van der Waals surface area contributed by atoms with Gasteiger partial charge in [-0.3, -0.25) is 4.79 Å². The van der Waals surface area contributed by atoms with E-state index in [1.54, 1.807) is 50.5 Å². The molecule has 9 heteroatoms. The summed E-state index contributed by atoms with van der Waals surface area (Å²) < 4.78 is 48.3. The molecule has 2 N–H and O–H groups in total. The lowest BCUT2D eigenvalue weighted by Crippen LogP contribution is -2.33. The number of ether oxygens (including phenoxy) is 1. The molecular formula is C24H26FN3O4S. The van der Waals surface area contributed by atoms with Crippen LogP contribution in [0.2, 0.25) is 0 Å². The Kier molecular flexibility index (Phi) is 6.27. The van der Waals surface area contributed by atoms with Gasteiger partial charge in [-0.25, -0.2) is 16.8 Å². The van der Waals surface area contributed by atoms with Crippen molar-refractivity contribution in [1.29, 1.82) is 0 Å². The van der Waals surface area contributed by atoms with Gasteiger partial charge in [0.05, 0.1) is 16.0 Å². The summed E-state index contributed by atoms with van der Waals surface area (Å²) in [5.41, 5.74) is 0.665. The van der Waals surface area contributed by atoms with Crippen LogP contribution in [0.5, 0.6) is 5.75 Å². The summed E-state index contributed by atoms with van der Waals surface area (Å²) in [5.74, 6) is -0.0777. The molecule has 33 heavy (non-hydrogen) atoms. The van der Waals surface area contributed by atoms with E-state index >= 15 is 0 Å². The number of hydrogen-bond acceptors (Lipinski definition) is 5. The second kappa shape index (κ2) is 8.99. The smallest absolute Gasteiger partial charge is 0.268 e. The van der Waals surface area contributed by atoms with Crippen molar-refractivity contribution < 1.29 is 22.3 Å². The van der Waals surface area contributed by atoms with Crippen LogP contribution in [0.15, 0.2) is 65.7 Å². The van der Waals surface area contributed by atoms with Crippen molar-refractivity contribution in [1.82, 2.24) is 14.6 Å². The second-order valence-electron chi connectivity index (χ2n) is 8.16. The number of carbonyl (C=O) groups excluding carboxylic acids is 1. The topological polar surface area (TPSA) is 89.4 Å². The van der Waals surface area contributed by atoms with Gasteiger partial charge >= 0.3 is 0 Å². The lowest BCUT2D eigenvalue weighted by atomic mass is 10.1. The first kappa shape index (κ1) is 23.0. The van der Waals surface area contributed by atoms with Gasteiger partial charge in [-0.1, -0.05) is 12.1 Å². The third-order valence-corrected chi connectivity index (χ3v) is 7.52. The number of rotatable bonds is 9. The first-order valence-electron chi connectivity index (χ1n) is 10.6. The molecule has 2 aromatic carbocycles. The molecule has 4 rings (SSSR count). The lowest BCUT2D eigenvalue weighted by molar-refractivity contribution is -0.126. The number of carbonyl (C=O) groups is 1. The second-order valence-corrected chi connectivity index (χ2v) is 9.98. The molecule has 0 aliphatic heterocycles. The summed E-state index contributed by atoms with van der Waals surface area (Å²) in [4.78, 5) is 12.0. The van der Waals surface area contributed by atoms with Crippen LogP contribution in [0.25, 0.3) is 11.3 Å². The zero-order valence-corrected chi connectivity index (χ0v) is 19.3. The molecule has 1 aliphatic rings. The Bertz CT molecular complexity index is 1270. The Labute approximate surface area is 192 Å². The molecule has 0 saturated heterocycles. The highest BCUT2D eigenvalue weighted by atomic mass is 32.2. The van der Waals surface area contributed by atoms with E-state index in [2.05, 4.69) is 10.6 Å². The SMILES string of the molecule is CNCc1cc(-c2ccccc2F)n(S(=O)(=O)c2ccc(OCC3(C(=O)NC)CC3)cc2)c1. The van der Waals surface area contributed by atoms with Gasteiger partial charge in [0.15, 0.2) is 0 Å². The minimum atomic E-state index is -3.99. The van der Waals surface area contributed by atoms with Crippen molar-refractivity contribution >= 4 is 15.9 Å². The molecule has 7 nitrogen and oxygen atoms in total. The van der Waals surface area contributed by atoms with E-state index < -0.39 is 21.3 Å². The summed E-state index contributed by atoms with van der Waals surface area (Å²) >= 11 is 0. The number of nitrogens with zero attached hydrogens (tertiary/aromatic N) is 1. The van der Waals surface area contributed by atoms with E-state index in [1.165, 1.54) is 24.4 Å². The summed E-state index contributed by atoms with van der Waals surface area (Å²) in [6.07, 6.45) is 3.03. The van der Waals surface area contributed by atoms with Crippen LogP contribution in [0, 0.1) is 11.2 Å². The number of amides is 1. The highest BCUT2D eigenvalue weighted by molar-refractivity contribution is 7.90. The van der Waals surface area contributed by atoms with E-state index in [0.717, 1.165) is 16.8 Å². The number of aromatic nitrogens is 1. The Balaban J connectivity index is 1.62. The van der Waals surface area contributed by atoms with Crippen molar-refractivity contribution in [2.24, 2.45) is 5.41 Å². The molecule has 1 fully saturated rings. The van der Waals surface area contributed by atoms with Gasteiger partial charge in [-0.2, -0.15) is 0 Å². The highest BCUT2D eigenvalue weighted by Crippen LogP contribution is 2.46. The molecule has 0 bridgehead atoms. The maximum absolute atomic E-state index is 14.5. The lowest BCUT2D eigenvalue weighted by Gasteiger charge is -2.15. The van der Waals surface area contributed by atoms with E-state index in [-0.39, 0.29) is 28.7 Å². The molecule has 1 aromatic heterocycles. The summed E-state index contributed by atoms with van der Waals surface area (Å²) in [5, 5.41) is 5.64. The molecule has 1 amide bonds. The molecule has 0 radical (unpaired) electrons. The van der Waals surface area contributed by atoms with Gasteiger partial charge in [0.2, 0.25) is 5.91 Å². The number of nitrogens with one attached hydrogen (secondary N) is 2. The van der Waals surface area contributed by atoms with Crippen LogP contribution in [0.1, 0.15) is 18.4 Å². The maximum Gasteiger partial charge on any atom is 0.268 e. The summed E-state index contributed by atoms with van der Waals surface area (Å²) in [6, 6.07) is 13.8. The third-order valence-electron chi connectivity index (χ3n) is 5.83. The Morgan fingerprint density at radius 1 is 1.12 bits per heavy atom. The normalized spacial score (nSPS) is 14.6. The fraction of sp³-hybridized carbons (Fsp3) is 0.292. The van der Waals surface area contributed by atoms with Crippen molar-refractivity contribution in [3.05, 3.63) is 72.2 Å². The largest absolute Gasteiger partial charge is 0.492 e. The van der Waals surface area contributed by atoms with Crippen LogP contribution < -0.4 is 15.4 Å². The minimum Gasteiger partial charge on any atom is -0.492 e. The molecule has 3 aromatic rings. The molecule has 1 aliphatic carbocycles. The van der Waals surface area contributed by atoms with Crippen LogP contribution in [-0.4, -0.2) is 39.0 Å². The predicted molar refractivity (Wildman–Crippen MR) is 123 cm³/mol. The minimum absolute atomic E-state index is 0.0477. The van der Waals surface area contributed by atoms with E-state index in [9.17, 15) is 17.6 Å². The van der Waals surface area contributed by atoms with E-state index in [1.807, 2.05) is 0 Å². The van der Waals surface area contributed by atoms with Crippen LogP contribution in [0.4, 0.5) is 4.39 Å². The van der Waals surface area contributed by atoms with Gasteiger partial charge in [0, 0.05) is 25.4 Å². The zero-order valence-electron chi connectivity index (χ0n) is 18.5. The monoisotopic (exact) mass is 471 g/mol. The van der Waals surface area contributed by atoms with Crippen molar-refractivity contribution in [3.63, 3.8) is 0 Å². The predicted octanol–water partition coefficient (Wildman–Crippen LogP) is 3.16. The summed E-state index contributed by atoms with van der Waals surface area (Å²) in [6.45, 7) is 0.672. The number of benzene rings is 2. The Morgan fingerprint density at radius 3 is 2.42 bits per heavy atom. The average molecular weight is 472 g/mol. The quantitative estimate of drug-likeness (QED) is 0.501. The molecule has 174 valence electrons. The van der Waals surface area contributed by atoms with Crippen LogP contribution in [-0.2, 0) is 21.4 Å². The third kappa shape index (κ3) is 4.51. The van der Waals surface area contributed by atoms with Gasteiger partial charge in [0.1, 0.15) is 18.2 Å². The van der Waals surface area contributed by atoms with Crippen molar-refractivity contribution in [2.45, 2.75) is 24.3 Å². The van der Waals surface area contributed by atoms with E-state index in [4.69, 9.17) is 4.74 Å². The number of hydrogen-bond donors (Lipinski definition) is 2. The fourth-order valence-electron chi connectivity index (χ4n) is 3.76. The summed E-state index contributed by atoms with van der Waals surface area (Å²) in [7, 11) is -0.643. The molecule has 1 saturated carbocycles. The van der Waals surface area contributed by atoms with Gasteiger partial charge in [-0.15, -0.1) is 0 Å². The Hall–Kier alpha value is -3.17. The van der Waals surface area contributed by atoms with Gasteiger partial charge < -0.3 is 15.4 Å². The van der Waals surface area contributed by atoms with Crippen molar-refractivity contribution in [2.75, 3.05) is 20.7 Å². The molecule has 1 heterocycles. The van der Waals surface area contributed by atoms with Crippen LogP contribution in [0.3, 0.4) is 0 Å². The first-order valence-corrected chi connectivity index (χ1v) is 12.1. The van der Waals surface area contributed by atoms with Gasteiger partial charge in [0.25, 0.3) is 10.0 Å². The van der Waals surface area contributed by atoms with Crippen molar-refractivity contribution in [3.8, 4) is 17.0 Å². The van der Waals surface area contributed by atoms with Crippen LogP contribution >= 0.6 is 0 Å². The highest BCUT2D eigenvalue weighted by Gasteiger charge is 2.50. The molecule has 0 unspecified atom stereocenters. The van der Waals surface area contributed by atoms with E-state index in [0.29, 0.717) is 17.9 Å². The molecular weight excluding hydrogens is 445 g/mol. The molecule has 0 spiro atoms. The zero-order chi connectivity index (χ0) is 23.6. The number of halogens is 1. The first-order chi connectivity index (χ1) is 15.8. The standard InChI is InChI=1S/C24H26FN3O4S/c1-26-14-17-13-22(20-5-3-4-6-21(20)25)28(15-17)33(30,31)19-9-7-18(8-10-19)32-16-24(11-12-24)23(29)27-2/h3-10,13,15,26H,11-12,14,16H2,1-2H3,(H,27,29). The van der Waals surface area contributed by atoms with Gasteiger partial charge in [-0.05, 0) is 67.9 Å². The average Bonchev–Trinajstić information content (AvgIpc) is 3.50. The maximum atomic E-state index is 14.5. The Morgan fingerprint density at radius 2 is 1.82 bits per heavy atom. The fourth-order valence-corrected chi connectivity index (χ4v) is 5.15. The molecule has 0 atom stereocenters.